The highest BCUT2D eigenvalue weighted by Gasteiger charge is 2.28. The number of methoxy groups -OCH3 is 8. The summed E-state index contributed by atoms with van der Waals surface area (Å²) in [6, 6.07) is 53.3. The maximum atomic E-state index is 13.2. The molecule has 8 heterocycles. The molecule has 25 heteroatoms. The number of benzene rings is 7. The Bertz CT molecular complexity index is 5360. The Kier molecular flexibility index (Phi) is 32.6. The summed E-state index contributed by atoms with van der Waals surface area (Å²) in [5.41, 5.74) is 16.4. The molecule has 0 bridgehead atoms. The third-order valence-electron chi connectivity index (χ3n) is 21.2. The molecule has 0 radical (unpaired) electrons. The molecule has 23 nitrogen and oxygen atoms in total. The molecule has 4 aliphatic heterocycles. The van der Waals surface area contributed by atoms with Crippen LogP contribution in [0.1, 0.15) is 160 Å². The monoisotopic (exact) mass is 1710 g/mol. The van der Waals surface area contributed by atoms with Gasteiger partial charge < -0.3 is 72.7 Å². The average Bonchev–Trinajstić information content (AvgIpc) is 0.796. The lowest BCUT2D eigenvalue weighted by molar-refractivity contribution is 0.0693. The van der Waals surface area contributed by atoms with Gasteiger partial charge in [0.2, 0.25) is 11.8 Å². The summed E-state index contributed by atoms with van der Waals surface area (Å²) in [6.45, 7) is 26.6. The van der Waals surface area contributed by atoms with Gasteiger partial charge in [0, 0.05) is 100 Å². The Morgan fingerprint density at radius 3 is 1.11 bits per heavy atom. The van der Waals surface area contributed by atoms with Crippen LogP contribution in [0.2, 0.25) is 10.3 Å². The molecule has 0 spiro atoms. The summed E-state index contributed by atoms with van der Waals surface area (Å²) in [6.07, 6.45) is 9.92. The van der Waals surface area contributed by atoms with E-state index >= 15 is 0 Å². The summed E-state index contributed by atoms with van der Waals surface area (Å²) in [5, 5.41) is 21.3. The number of carboxylic acid groups (broad SMARTS) is 1. The Hall–Kier alpha value is -12.2. The fourth-order valence-electron chi connectivity index (χ4n) is 14.1. The van der Waals surface area contributed by atoms with Crippen molar-refractivity contribution in [3.63, 3.8) is 0 Å². The Morgan fingerprint density at radius 1 is 0.382 bits per heavy atom. The SMILES string of the molecule is CC(C)(C)c1ccc(O)cc1.COc1cc2c(cc1OC)CN(C(=O)c1ccnc(Cl)c1)CC2.COc1cc2c(cc1OC)CN(C(=O)c1ccnc(Oc3ccc(C(C)(C)C)cc3)c1)CC2.COc1cc2c(cc1OC)CN(Cc1ccnc(Oc3ccc(C(C)(C)C)cc3)c1)CC2.COc1cc2c(cc1OC)CNCC2.O=C(O)c1ccnc(Cl)c1. The number of hydrogen-bond donors (Lipinski definition) is 3. The highest BCUT2D eigenvalue weighted by molar-refractivity contribution is 6.30. The van der Waals surface area contributed by atoms with Gasteiger partial charge >= 0.3 is 5.97 Å². The van der Waals surface area contributed by atoms with Crippen molar-refractivity contribution in [1.82, 2.24) is 40.0 Å². The number of hydrogen-bond acceptors (Lipinski definition) is 20. The van der Waals surface area contributed by atoms with E-state index in [1.54, 1.807) is 111 Å². The molecule has 0 aliphatic carbocycles. The zero-order chi connectivity index (χ0) is 88.7. The molecule has 2 amide bonds. The van der Waals surface area contributed by atoms with E-state index in [0.29, 0.717) is 88.7 Å². The zero-order valence-corrected chi connectivity index (χ0v) is 74.8. The van der Waals surface area contributed by atoms with Gasteiger partial charge in [-0.3, -0.25) is 14.5 Å². The van der Waals surface area contributed by atoms with Crippen LogP contribution in [0.15, 0.2) is 195 Å². The molecule has 0 atom stereocenters. The van der Waals surface area contributed by atoms with Crippen LogP contribution in [-0.2, 0) is 74.7 Å². The maximum Gasteiger partial charge on any atom is 0.335 e. The van der Waals surface area contributed by atoms with Gasteiger partial charge in [-0.2, -0.15) is 0 Å². The van der Waals surface area contributed by atoms with Crippen LogP contribution < -0.4 is 52.7 Å². The Balaban J connectivity index is 0.000000163. The average molecular weight is 1710 g/mol. The van der Waals surface area contributed by atoms with Crippen LogP contribution in [0.5, 0.6) is 75.0 Å². The van der Waals surface area contributed by atoms with Crippen LogP contribution >= 0.6 is 23.2 Å². The number of fused-ring (bicyclic) bond motifs is 4. The molecule has 0 fully saturated rings. The number of aromatic nitrogens is 4. The smallest absolute Gasteiger partial charge is 0.335 e. The van der Waals surface area contributed by atoms with Crippen LogP contribution in [-0.4, -0.2) is 146 Å². The number of phenolic OH excluding ortho intramolecular Hbond substituents is 1. The topological polar surface area (TPSA) is 257 Å². The van der Waals surface area contributed by atoms with E-state index in [2.05, 4.69) is 147 Å². The second kappa shape index (κ2) is 43.1. The first-order chi connectivity index (χ1) is 58.8. The lowest BCUT2D eigenvalue weighted by Gasteiger charge is -2.29. The molecular formula is C98H112Cl2N8O15. The van der Waals surface area contributed by atoms with Gasteiger partial charge in [-0.15, -0.1) is 0 Å². The normalized spacial score (nSPS) is 13.2. The van der Waals surface area contributed by atoms with Gasteiger partial charge in [0.1, 0.15) is 27.6 Å². The number of amides is 2. The summed E-state index contributed by atoms with van der Waals surface area (Å²) < 4.78 is 54.9. The third kappa shape index (κ3) is 26.0. The van der Waals surface area contributed by atoms with E-state index in [-0.39, 0.29) is 38.8 Å². The molecule has 7 aromatic carbocycles. The molecule has 15 rings (SSSR count). The van der Waals surface area contributed by atoms with Crippen molar-refractivity contribution in [2.75, 3.05) is 83.1 Å². The fraction of sp³-hybridized carbons (Fsp3) is 0.337. The van der Waals surface area contributed by atoms with E-state index in [9.17, 15) is 14.4 Å². The number of pyridine rings is 4. The molecule has 0 unspecified atom stereocenters. The summed E-state index contributed by atoms with van der Waals surface area (Å²) in [4.78, 5) is 58.4. The van der Waals surface area contributed by atoms with Gasteiger partial charge in [-0.1, -0.05) is 122 Å². The first-order valence-corrected chi connectivity index (χ1v) is 41.3. The number of carbonyl (C=O) groups is 3. The van der Waals surface area contributed by atoms with Gasteiger partial charge in [-0.25, -0.2) is 24.7 Å². The highest BCUT2D eigenvalue weighted by atomic mass is 35.5. The first-order valence-electron chi connectivity index (χ1n) is 40.5. The van der Waals surface area contributed by atoms with E-state index in [0.717, 1.165) is 98.3 Å². The predicted molar refractivity (Wildman–Crippen MR) is 479 cm³/mol. The maximum absolute atomic E-state index is 13.2. The van der Waals surface area contributed by atoms with Gasteiger partial charge in [0.05, 0.1) is 62.4 Å². The number of nitrogens with zero attached hydrogens (tertiary/aromatic N) is 7. The molecule has 11 aromatic rings. The molecule has 4 aliphatic rings. The number of nitrogens with one attached hydrogen (secondary N) is 1. The van der Waals surface area contributed by atoms with Crippen LogP contribution in [0.4, 0.5) is 0 Å². The van der Waals surface area contributed by atoms with Crippen molar-refractivity contribution >= 4 is 41.0 Å². The molecule has 4 aromatic heterocycles. The second-order valence-corrected chi connectivity index (χ2v) is 33.5. The number of carbonyl (C=O) groups excluding carboxylic acids is 2. The molecule has 123 heavy (non-hydrogen) atoms. The van der Waals surface area contributed by atoms with Crippen molar-refractivity contribution in [1.29, 1.82) is 0 Å². The van der Waals surface area contributed by atoms with Crippen molar-refractivity contribution in [2.24, 2.45) is 0 Å². The zero-order valence-electron chi connectivity index (χ0n) is 73.3. The lowest BCUT2D eigenvalue weighted by atomic mass is 9.87. The van der Waals surface area contributed by atoms with Gasteiger partial charge in [0.15, 0.2) is 46.0 Å². The molecular weight excluding hydrogens is 1600 g/mol. The number of carboxylic acids is 1. The van der Waals surface area contributed by atoms with Gasteiger partial charge in [-0.05, 0) is 237 Å². The standard InChI is InChI=1S/C27H30N2O4.C27H32N2O3.C17H17ClN2O3.C11H15NO2.C10H14O.C6H4ClNO2/c1-27(2,3)21-6-8-22(9-7-21)33-25-16-19(10-12-28-25)26(30)29-13-11-18-14-23(31-4)24(32-5)15-20(18)17-29;1-27(2,3)22-6-8-23(9-7-22)32-26-14-19(10-12-28-26)17-29-13-11-20-15-24(30-4)25(31-5)16-21(20)18-29;1-22-14-7-11-4-6-20(10-13(11)8-15(14)23-2)17(21)12-3-5-19-16(18)9-12;1-13-10-5-8-3-4-12-7-9(8)6-11(10)14-2;1-10(2,3)8-4-6-9(11)7-5-8;7-5-3-4(6(9)10)1-2-8-5/h6-10,12,14-16H,11,13,17H2,1-5H3;6-10,12,14-16H,11,13,17-18H2,1-5H3;3,5,7-9H,4,6,10H2,1-2H3;5-6,12H,3-4,7H2,1-2H3;4-7,11H,1-3H3;1-3H,(H,9,10). The van der Waals surface area contributed by atoms with Crippen molar-refractivity contribution < 1.29 is 72.0 Å². The number of halogens is 2. The molecule has 0 saturated heterocycles. The third-order valence-corrected chi connectivity index (χ3v) is 21.6. The Labute approximate surface area is 732 Å². The van der Waals surface area contributed by atoms with E-state index in [1.807, 2.05) is 77.8 Å². The van der Waals surface area contributed by atoms with Crippen LogP contribution in [0.3, 0.4) is 0 Å². The molecule has 648 valence electrons. The minimum atomic E-state index is -0.996. The summed E-state index contributed by atoms with van der Waals surface area (Å²) >= 11 is 11.3. The number of phenols is 1. The van der Waals surface area contributed by atoms with Crippen molar-refractivity contribution in [2.45, 2.75) is 137 Å². The first kappa shape index (κ1) is 93.1. The Morgan fingerprint density at radius 2 is 0.715 bits per heavy atom. The number of rotatable bonds is 17. The number of aromatic carboxylic acids is 1. The number of ether oxygens (including phenoxy) is 10. The summed E-state index contributed by atoms with van der Waals surface area (Å²) in [7, 11) is 13.2. The number of aromatic hydroxyl groups is 1. The predicted octanol–water partition coefficient (Wildman–Crippen LogP) is 19.6. The molecule has 0 saturated carbocycles. The van der Waals surface area contributed by atoms with E-state index < -0.39 is 5.97 Å². The largest absolute Gasteiger partial charge is 0.508 e. The van der Waals surface area contributed by atoms with Gasteiger partial charge in [0.25, 0.3) is 11.8 Å². The van der Waals surface area contributed by atoms with Crippen LogP contribution in [0.25, 0.3) is 0 Å². The highest BCUT2D eigenvalue weighted by Crippen LogP contribution is 2.39. The van der Waals surface area contributed by atoms with Crippen LogP contribution in [0, 0.1) is 0 Å². The second-order valence-electron chi connectivity index (χ2n) is 32.7. The molecule has 3 N–H and O–H groups in total. The van der Waals surface area contributed by atoms with E-state index in [1.165, 1.54) is 74.0 Å². The summed E-state index contributed by atoms with van der Waals surface area (Å²) in [5.74, 6) is 7.73. The minimum Gasteiger partial charge on any atom is -0.508 e. The van der Waals surface area contributed by atoms with Crippen molar-refractivity contribution in [3.05, 3.63) is 288 Å². The lowest BCUT2D eigenvalue weighted by Crippen LogP contribution is -2.36. The van der Waals surface area contributed by atoms with Crippen molar-refractivity contribution in [3.8, 4) is 75.0 Å². The minimum absolute atomic E-state index is 0.0465. The quantitative estimate of drug-likeness (QED) is 0.0716. The fourth-order valence-corrected chi connectivity index (χ4v) is 14.5. The van der Waals surface area contributed by atoms with E-state index in [4.69, 9.17) is 80.8 Å².